The average molecular weight is 241 g/mol. The number of aromatic nitrogens is 5. The summed E-state index contributed by atoms with van der Waals surface area (Å²) in [5.74, 6) is 1.75. The molecule has 3 aromatic rings. The SMILES string of the molecule is COc1cc(C)nc2nc(-c3ccncc3)nn12. The lowest BCUT2D eigenvalue weighted by atomic mass is 10.3. The van der Waals surface area contributed by atoms with Gasteiger partial charge in [-0.05, 0) is 19.1 Å². The van der Waals surface area contributed by atoms with E-state index in [1.165, 1.54) is 0 Å². The van der Waals surface area contributed by atoms with E-state index in [1.54, 1.807) is 24.0 Å². The fourth-order valence-electron chi connectivity index (χ4n) is 1.72. The first-order valence-electron chi connectivity index (χ1n) is 5.47. The second kappa shape index (κ2) is 4.06. The van der Waals surface area contributed by atoms with Crippen LogP contribution in [0.2, 0.25) is 0 Å². The monoisotopic (exact) mass is 241 g/mol. The summed E-state index contributed by atoms with van der Waals surface area (Å²) in [5.41, 5.74) is 1.74. The van der Waals surface area contributed by atoms with Crippen LogP contribution >= 0.6 is 0 Å². The predicted octanol–water partition coefficient (Wildman–Crippen LogP) is 1.50. The van der Waals surface area contributed by atoms with Gasteiger partial charge in [-0.2, -0.15) is 9.50 Å². The maximum Gasteiger partial charge on any atom is 0.256 e. The van der Waals surface area contributed by atoms with Gasteiger partial charge in [-0.15, -0.1) is 5.10 Å². The Morgan fingerprint density at radius 2 is 1.94 bits per heavy atom. The number of hydrogen-bond donors (Lipinski definition) is 0. The molecule has 0 atom stereocenters. The first kappa shape index (κ1) is 10.6. The molecule has 0 spiro atoms. The van der Waals surface area contributed by atoms with Crippen molar-refractivity contribution in [1.82, 2.24) is 24.6 Å². The Balaban J connectivity index is 2.23. The van der Waals surface area contributed by atoms with E-state index in [9.17, 15) is 0 Å². The quantitative estimate of drug-likeness (QED) is 0.680. The number of ether oxygens (including phenoxy) is 1. The largest absolute Gasteiger partial charge is 0.481 e. The number of hydrogen-bond acceptors (Lipinski definition) is 5. The molecule has 0 bridgehead atoms. The van der Waals surface area contributed by atoms with Gasteiger partial charge in [0, 0.05) is 29.7 Å². The van der Waals surface area contributed by atoms with Crippen molar-refractivity contribution >= 4 is 5.78 Å². The van der Waals surface area contributed by atoms with E-state index in [0.29, 0.717) is 17.5 Å². The lowest BCUT2D eigenvalue weighted by Crippen LogP contribution is -1.99. The highest BCUT2D eigenvalue weighted by molar-refractivity contribution is 5.56. The summed E-state index contributed by atoms with van der Waals surface area (Å²) in [4.78, 5) is 12.7. The number of aryl methyl sites for hydroxylation is 1. The fourth-order valence-corrected chi connectivity index (χ4v) is 1.72. The molecule has 18 heavy (non-hydrogen) atoms. The van der Waals surface area contributed by atoms with Crippen LogP contribution < -0.4 is 4.74 Å². The van der Waals surface area contributed by atoms with Crippen LogP contribution in [0.25, 0.3) is 17.2 Å². The third-order valence-corrected chi connectivity index (χ3v) is 2.56. The first-order chi connectivity index (χ1) is 8.78. The Kier molecular flexibility index (Phi) is 2.40. The van der Waals surface area contributed by atoms with Crippen molar-refractivity contribution in [3.8, 4) is 17.3 Å². The van der Waals surface area contributed by atoms with Crippen molar-refractivity contribution in [2.45, 2.75) is 6.92 Å². The van der Waals surface area contributed by atoms with E-state index < -0.39 is 0 Å². The Hall–Kier alpha value is -2.50. The van der Waals surface area contributed by atoms with Gasteiger partial charge in [-0.25, -0.2) is 4.98 Å². The molecule has 0 aromatic carbocycles. The Labute approximate surface area is 103 Å². The molecule has 0 unspecified atom stereocenters. The van der Waals surface area contributed by atoms with Crippen LogP contribution in [-0.2, 0) is 0 Å². The highest BCUT2D eigenvalue weighted by Crippen LogP contribution is 2.18. The highest BCUT2D eigenvalue weighted by atomic mass is 16.5. The molecule has 0 saturated carbocycles. The molecule has 3 heterocycles. The molecule has 0 aliphatic carbocycles. The van der Waals surface area contributed by atoms with Gasteiger partial charge in [-0.3, -0.25) is 4.98 Å². The summed E-state index contributed by atoms with van der Waals surface area (Å²) < 4.78 is 6.85. The maximum absolute atomic E-state index is 5.27. The number of nitrogens with zero attached hydrogens (tertiary/aromatic N) is 5. The molecule has 0 fully saturated rings. The van der Waals surface area contributed by atoms with Gasteiger partial charge in [0.1, 0.15) is 0 Å². The molecule has 0 aliphatic heterocycles. The van der Waals surface area contributed by atoms with E-state index in [4.69, 9.17) is 4.74 Å². The van der Waals surface area contributed by atoms with Crippen molar-refractivity contribution in [2.24, 2.45) is 0 Å². The summed E-state index contributed by atoms with van der Waals surface area (Å²) in [6.07, 6.45) is 3.41. The van der Waals surface area contributed by atoms with Crippen LogP contribution in [0.4, 0.5) is 0 Å². The minimum atomic E-state index is 0.527. The topological polar surface area (TPSA) is 65.2 Å². The first-order valence-corrected chi connectivity index (χ1v) is 5.47. The van der Waals surface area contributed by atoms with Crippen molar-refractivity contribution in [1.29, 1.82) is 0 Å². The normalized spacial score (nSPS) is 10.8. The van der Waals surface area contributed by atoms with Gasteiger partial charge in [0.15, 0.2) is 5.82 Å². The van der Waals surface area contributed by atoms with E-state index in [-0.39, 0.29) is 0 Å². The molecule has 0 aliphatic rings. The van der Waals surface area contributed by atoms with Crippen molar-refractivity contribution < 1.29 is 4.74 Å². The summed E-state index contributed by atoms with van der Waals surface area (Å²) in [6.45, 7) is 1.89. The second-order valence-electron chi connectivity index (χ2n) is 3.82. The Bertz CT molecular complexity index is 692. The third kappa shape index (κ3) is 1.67. The number of rotatable bonds is 2. The average Bonchev–Trinajstić information content (AvgIpc) is 2.82. The smallest absolute Gasteiger partial charge is 0.256 e. The molecular formula is C12H11N5O. The second-order valence-corrected chi connectivity index (χ2v) is 3.82. The van der Waals surface area contributed by atoms with Crippen molar-refractivity contribution in [3.63, 3.8) is 0 Å². The molecule has 3 rings (SSSR count). The minimum absolute atomic E-state index is 0.527. The lowest BCUT2D eigenvalue weighted by molar-refractivity contribution is 0.384. The van der Waals surface area contributed by atoms with Crippen LogP contribution in [0.5, 0.6) is 5.88 Å². The lowest BCUT2D eigenvalue weighted by Gasteiger charge is -2.01. The van der Waals surface area contributed by atoms with E-state index in [1.807, 2.05) is 25.1 Å². The summed E-state index contributed by atoms with van der Waals surface area (Å²) in [7, 11) is 1.60. The van der Waals surface area contributed by atoms with E-state index in [0.717, 1.165) is 11.3 Å². The van der Waals surface area contributed by atoms with Crippen LogP contribution in [0.3, 0.4) is 0 Å². The fraction of sp³-hybridized carbons (Fsp3) is 0.167. The van der Waals surface area contributed by atoms with Gasteiger partial charge in [0.05, 0.1) is 7.11 Å². The molecule has 0 saturated heterocycles. The van der Waals surface area contributed by atoms with Crippen LogP contribution in [0.15, 0.2) is 30.6 Å². The van der Waals surface area contributed by atoms with Gasteiger partial charge in [0.2, 0.25) is 5.88 Å². The number of methoxy groups -OCH3 is 1. The zero-order chi connectivity index (χ0) is 12.5. The van der Waals surface area contributed by atoms with Gasteiger partial charge in [-0.1, -0.05) is 0 Å². The molecule has 6 nitrogen and oxygen atoms in total. The molecule has 6 heteroatoms. The van der Waals surface area contributed by atoms with Gasteiger partial charge < -0.3 is 4.74 Å². The summed E-state index contributed by atoms with van der Waals surface area (Å²) in [5, 5.41) is 4.39. The van der Waals surface area contributed by atoms with Crippen LogP contribution in [-0.4, -0.2) is 31.7 Å². The van der Waals surface area contributed by atoms with Crippen LogP contribution in [0, 0.1) is 6.92 Å². The maximum atomic E-state index is 5.27. The number of fused-ring (bicyclic) bond motifs is 1. The standard InChI is InChI=1S/C12H11N5O/c1-8-7-10(18-2)17-12(14-8)15-11(16-17)9-3-5-13-6-4-9/h3-7H,1-2H3. The molecule has 0 amide bonds. The van der Waals surface area contributed by atoms with E-state index >= 15 is 0 Å². The van der Waals surface area contributed by atoms with E-state index in [2.05, 4.69) is 20.1 Å². The minimum Gasteiger partial charge on any atom is -0.481 e. The zero-order valence-electron chi connectivity index (χ0n) is 10.0. The summed E-state index contributed by atoms with van der Waals surface area (Å²) in [6, 6.07) is 5.53. The molecule has 0 radical (unpaired) electrons. The van der Waals surface area contributed by atoms with Crippen LogP contribution in [0.1, 0.15) is 5.69 Å². The Morgan fingerprint density at radius 3 is 2.67 bits per heavy atom. The zero-order valence-corrected chi connectivity index (χ0v) is 10.0. The molecule has 3 aromatic heterocycles. The van der Waals surface area contributed by atoms with Gasteiger partial charge >= 0.3 is 0 Å². The van der Waals surface area contributed by atoms with Crippen molar-refractivity contribution in [2.75, 3.05) is 7.11 Å². The molecule has 90 valence electrons. The molecular weight excluding hydrogens is 230 g/mol. The number of pyridine rings is 1. The Morgan fingerprint density at radius 1 is 1.17 bits per heavy atom. The van der Waals surface area contributed by atoms with Gasteiger partial charge in [0.25, 0.3) is 5.78 Å². The summed E-state index contributed by atoms with van der Waals surface area (Å²) >= 11 is 0. The highest BCUT2D eigenvalue weighted by Gasteiger charge is 2.11. The molecule has 0 N–H and O–H groups in total. The van der Waals surface area contributed by atoms with Crippen molar-refractivity contribution in [3.05, 3.63) is 36.3 Å². The predicted molar refractivity (Wildman–Crippen MR) is 65.3 cm³/mol. The third-order valence-electron chi connectivity index (χ3n) is 2.56.